The van der Waals surface area contributed by atoms with Crippen molar-refractivity contribution in [2.75, 3.05) is 45.9 Å². The van der Waals surface area contributed by atoms with E-state index in [0.29, 0.717) is 12.6 Å². The van der Waals surface area contributed by atoms with Gasteiger partial charge >= 0.3 is 0 Å². The van der Waals surface area contributed by atoms with Gasteiger partial charge in [-0.25, -0.2) is 4.99 Å². The summed E-state index contributed by atoms with van der Waals surface area (Å²) in [6.45, 7) is 11.4. The van der Waals surface area contributed by atoms with Gasteiger partial charge in [0.15, 0.2) is 11.8 Å². The van der Waals surface area contributed by atoms with Crippen LogP contribution in [0.4, 0.5) is 0 Å². The number of halogens is 1. The standard InChI is InChI=1S/C16H29N7O.HI/c1-4-17-16(18-11-15-20-19-13(2)21(15)3)23-6-5-14(12-23)22-7-9-24-10-8-22;/h14H,4-12H2,1-3H3,(H,17,18);1H. The fraction of sp³-hybridized carbons (Fsp3) is 0.812. The van der Waals surface area contributed by atoms with Crippen molar-refractivity contribution < 1.29 is 4.74 Å². The van der Waals surface area contributed by atoms with Crippen molar-refractivity contribution in [2.24, 2.45) is 12.0 Å². The minimum absolute atomic E-state index is 0. The first-order valence-electron chi connectivity index (χ1n) is 8.89. The molecule has 3 rings (SSSR count). The molecule has 25 heavy (non-hydrogen) atoms. The molecule has 9 heteroatoms. The Labute approximate surface area is 167 Å². The number of aryl methyl sites for hydroxylation is 1. The molecule has 2 fully saturated rings. The number of morpholine rings is 1. The summed E-state index contributed by atoms with van der Waals surface area (Å²) in [6.07, 6.45) is 1.19. The number of guanidine groups is 1. The number of nitrogens with one attached hydrogen (secondary N) is 1. The highest BCUT2D eigenvalue weighted by atomic mass is 127. The van der Waals surface area contributed by atoms with Gasteiger partial charge in [0.05, 0.1) is 13.2 Å². The normalized spacial score (nSPS) is 22.1. The van der Waals surface area contributed by atoms with Crippen molar-refractivity contribution >= 4 is 29.9 Å². The number of aromatic nitrogens is 3. The van der Waals surface area contributed by atoms with Gasteiger partial charge in [-0.2, -0.15) is 0 Å². The maximum absolute atomic E-state index is 5.47. The lowest BCUT2D eigenvalue weighted by atomic mass is 10.2. The van der Waals surface area contributed by atoms with E-state index in [-0.39, 0.29) is 24.0 Å². The first-order chi connectivity index (χ1) is 11.7. The van der Waals surface area contributed by atoms with E-state index in [4.69, 9.17) is 9.73 Å². The summed E-state index contributed by atoms with van der Waals surface area (Å²) in [5.74, 6) is 2.79. The molecule has 2 saturated heterocycles. The van der Waals surface area contributed by atoms with Crippen LogP contribution in [0.25, 0.3) is 0 Å². The minimum Gasteiger partial charge on any atom is -0.379 e. The molecule has 1 aromatic heterocycles. The van der Waals surface area contributed by atoms with Gasteiger partial charge in [0.25, 0.3) is 0 Å². The molecule has 2 aliphatic heterocycles. The predicted octanol–water partition coefficient (Wildman–Crippen LogP) is 0.614. The number of nitrogens with zero attached hydrogens (tertiary/aromatic N) is 6. The average Bonchev–Trinajstić information content (AvgIpc) is 3.21. The van der Waals surface area contributed by atoms with Crippen LogP contribution < -0.4 is 5.32 Å². The average molecular weight is 463 g/mol. The second-order valence-corrected chi connectivity index (χ2v) is 6.43. The first-order valence-corrected chi connectivity index (χ1v) is 8.89. The van der Waals surface area contributed by atoms with Crippen LogP contribution >= 0.6 is 24.0 Å². The second-order valence-electron chi connectivity index (χ2n) is 6.43. The Morgan fingerprint density at radius 2 is 2.04 bits per heavy atom. The minimum atomic E-state index is 0. The van der Waals surface area contributed by atoms with Crippen molar-refractivity contribution in [3.63, 3.8) is 0 Å². The monoisotopic (exact) mass is 463 g/mol. The van der Waals surface area contributed by atoms with Crippen LogP contribution in [0, 0.1) is 6.92 Å². The highest BCUT2D eigenvalue weighted by molar-refractivity contribution is 14.0. The molecule has 1 N–H and O–H groups in total. The summed E-state index contributed by atoms with van der Waals surface area (Å²) < 4.78 is 7.46. The molecule has 0 amide bonds. The van der Waals surface area contributed by atoms with Crippen LogP contribution in [0.1, 0.15) is 25.0 Å². The Morgan fingerprint density at radius 1 is 1.28 bits per heavy atom. The molecule has 3 heterocycles. The highest BCUT2D eigenvalue weighted by Gasteiger charge is 2.30. The molecule has 0 bridgehead atoms. The van der Waals surface area contributed by atoms with Gasteiger partial charge in [-0.15, -0.1) is 34.2 Å². The number of aliphatic imine (C=N–C) groups is 1. The molecule has 1 unspecified atom stereocenters. The zero-order valence-electron chi connectivity index (χ0n) is 15.4. The first kappa shape index (κ1) is 20.4. The van der Waals surface area contributed by atoms with Gasteiger partial charge in [0, 0.05) is 45.8 Å². The van der Waals surface area contributed by atoms with Crippen LogP contribution in [0.3, 0.4) is 0 Å². The molecule has 1 atom stereocenters. The van der Waals surface area contributed by atoms with E-state index < -0.39 is 0 Å². The SMILES string of the molecule is CCNC(=NCc1nnc(C)n1C)N1CCC(N2CCOCC2)C1.I. The number of ether oxygens (including phenoxy) is 1. The highest BCUT2D eigenvalue weighted by Crippen LogP contribution is 2.17. The zero-order valence-corrected chi connectivity index (χ0v) is 17.8. The summed E-state index contributed by atoms with van der Waals surface area (Å²) >= 11 is 0. The number of likely N-dealkylation sites (tertiary alicyclic amines) is 1. The fourth-order valence-electron chi connectivity index (χ4n) is 3.33. The van der Waals surface area contributed by atoms with Crippen LogP contribution in [-0.4, -0.2) is 82.5 Å². The van der Waals surface area contributed by atoms with E-state index in [1.165, 1.54) is 6.42 Å². The maximum atomic E-state index is 5.47. The molecule has 0 radical (unpaired) electrons. The van der Waals surface area contributed by atoms with Crippen molar-refractivity contribution in [1.29, 1.82) is 0 Å². The lowest BCUT2D eigenvalue weighted by Crippen LogP contribution is -2.46. The summed E-state index contributed by atoms with van der Waals surface area (Å²) in [4.78, 5) is 9.71. The molecule has 0 aromatic carbocycles. The number of hydrogen-bond donors (Lipinski definition) is 1. The molecular weight excluding hydrogens is 433 g/mol. The molecule has 142 valence electrons. The molecule has 0 saturated carbocycles. The lowest BCUT2D eigenvalue weighted by Gasteiger charge is -2.32. The van der Waals surface area contributed by atoms with Gasteiger partial charge in [-0.1, -0.05) is 0 Å². The third-order valence-corrected chi connectivity index (χ3v) is 4.91. The van der Waals surface area contributed by atoms with Crippen molar-refractivity contribution in [1.82, 2.24) is 29.9 Å². The number of hydrogen-bond acceptors (Lipinski definition) is 5. The van der Waals surface area contributed by atoms with E-state index in [1.54, 1.807) is 0 Å². The van der Waals surface area contributed by atoms with Gasteiger partial charge in [0.2, 0.25) is 0 Å². The van der Waals surface area contributed by atoms with Crippen LogP contribution in [0.5, 0.6) is 0 Å². The summed E-state index contributed by atoms with van der Waals surface area (Å²) in [7, 11) is 1.98. The number of rotatable bonds is 4. The molecule has 0 spiro atoms. The third kappa shape index (κ3) is 5.04. The van der Waals surface area contributed by atoms with Gasteiger partial charge in [-0.3, -0.25) is 4.90 Å². The zero-order chi connectivity index (χ0) is 16.9. The lowest BCUT2D eigenvalue weighted by molar-refractivity contribution is 0.0195. The molecule has 0 aliphatic carbocycles. The fourth-order valence-corrected chi connectivity index (χ4v) is 3.33. The Hall–Kier alpha value is -0.940. The van der Waals surface area contributed by atoms with E-state index in [0.717, 1.165) is 63.5 Å². The summed E-state index contributed by atoms with van der Waals surface area (Å²) in [6, 6.07) is 0.606. The Kier molecular flexibility index (Phi) is 7.88. The maximum Gasteiger partial charge on any atom is 0.194 e. The Balaban J connectivity index is 0.00000225. The van der Waals surface area contributed by atoms with E-state index in [2.05, 4.69) is 32.2 Å². The van der Waals surface area contributed by atoms with Gasteiger partial charge < -0.3 is 19.5 Å². The predicted molar refractivity (Wildman–Crippen MR) is 108 cm³/mol. The van der Waals surface area contributed by atoms with Gasteiger partial charge in [-0.05, 0) is 20.3 Å². The Bertz CT molecular complexity index is 571. The molecule has 8 nitrogen and oxygen atoms in total. The third-order valence-electron chi connectivity index (χ3n) is 4.91. The van der Waals surface area contributed by atoms with Crippen LogP contribution in [0.15, 0.2) is 4.99 Å². The van der Waals surface area contributed by atoms with Crippen molar-refractivity contribution in [3.8, 4) is 0 Å². The quantitative estimate of drug-likeness (QED) is 0.401. The largest absolute Gasteiger partial charge is 0.379 e. The van der Waals surface area contributed by atoms with Crippen molar-refractivity contribution in [3.05, 3.63) is 11.6 Å². The van der Waals surface area contributed by atoms with E-state index in [9.17, 15) is 0 Å². The van der Waals surface area contributed by atoms with Gasteiger partial charge in [0.1, 0.15) is 12.4 Å². The second kappa shape index (κ2) is 9.67. The van der Waals surface area contributed by atoms with Crippen LogP contribution in [-0.2, 0) is 18.3 Å². The van der Waals surface area contributed by atoms with Crippen molar-refractivity contribution in [2.45, 2.75) is 32.9 Å². The molecule has 2 aliphatic rings. The van der Waals surface area contributed by atoms with E-state index >= 15 is 0 Å². The van der Waals surface area contributed by atoms with Crippen LogP contribution in [0.2, 0.25) is 0 Å². The summed E-state index contributed by atoms with van der Waals surface area (Å²) in [5.41, 5.74) is 0. The summed E-state index contributed by atoms with van der Waals surface area (Å²) in [5, 5.41) is 11.7. The molecule has 1 aromatic rings. The Morgan fingerprint density at radius 3 is 2.68 bits per heavy atom. The smallest absolute Gasteiger partial charge is 0.194 e. The molecular formula is C16H30IN7O. The topological polar surface area (TPSA) is 70.8 Å². The van der Waals surface area contributed by atoms with E-state index in [1.807, 2.05) is 18.5 Å².